The highest BCUT2D eigenvalue weighted by Gasteiger charge is 2.02. The number of nitrogens with one attached hydrogen (secondary N) is 1. The van der Waals surface area contributed by atoms with Crippen molar-refractivity contribution in [3.63, 3.8) is 0 Å². The summed E-state index contributed by atoms with van der Waals surface area (Å²) >= 11 is 1.57. The number of amides is 1. The zero-order chi connectivity index (χ0) is 11.2. The summed E-state index contributed by atoms with van der Waals surface area (Å²) < 4.78 is 1.83. The van der Waals surface area contributed by atoms with Gasteiger partial charge < -0.3 is 5.32 Å². The van der Waals surface area contributed by atoms with Crippen LogP contribution in [0.2, 0.25) is 0 Å². The first kappa shape index (κ1) is 10.9. The average Bonchev–Trinajstić information content (AvgIpc) is 2.90. The molecule has 2 aromatic rings. The van der Waals surface area contributed by atoms with E-state index in [0.717, 1.165) is 18.7 Å². The van der Waals surface area contributed by atoms with Crippen LogP contribution in [0.1, 0.15) is 12.8 Å². The number of hydrogen-bond donors (Lipinski definition) is 1. The van der Waals surface area contributed by atoms with E-state index in [9.17, 15) is 4.79 Å². The molecule has 2 aromatic heterocycles. The number of carbonyl (C=O) groups is 1. The van der Waals surface area contributed by atoms with Gasteiger partial charge in [-0.05, 0) is 23.9 Å². The van der Waals surface area contributed by atoms with Crippen molar-refractivity contribution in [2.24, 2.45) is 0 Å². The summed E-state index contributed by atoms with van der Waals surface area (Å²) in [5.41, 5.74) is 0.883. The van der Waals surface area contributed by atoms with Gasteiger partial charge >= 0.3 is 0 Å². The van der Waals surface area contributed by atoms with E-state index in [2.05, 4.69) is 10.4 Å². The normalized spacial score (nSPS) is 10.2. The van der Waals surface area contributed by atoms with Crippen LogP contribution in [0.5, 0.6) is 0 Å². The minimum Gasteiger partial charge on any atom is -0.325 e. The first-order valence-corrected chi connectivity index (χ1v) is 6.08. The highest BCUT2D eigenvalue weighted by atomic mass is 32.1. The zero-order valence-corrected chi connectivity index (χ0v) is 9.61. The van der Waals surface area contributed by atoms with Crippen molar-refractivity contribution in [3.8, 4) is 0 Å². The van der Waals surface area contributed by atoms with E-state index in [1.54, 1.807) is 17.5 Å². The third kappa shape index (κ3) is 3.20. The highest BCUT2D eigenvalue weighted by Crippen LogP contribution is 2.12. The Hall–Kier alpha value is -1.62. The molecule has 0 bridgehead atoms. The molecule has 84 valence electrons. The van der Waals surface area contributed by atoms with Crippen molar-refractivity contribution in [1.29, 1.82) is 0 Å². The lowest BCUT2D eigenvalue weighted by molar-refractivity contribution is -0.116. The van der Waals surface area contributed by atoms with Crippen LogP contribution >= 0.6 is 11.3 Å². The lowest BCUT2D eigenvalue weighted by Crippen LogP contribution is -2.11. The van der Waals surface area contributed by atoms with Crippen LogP contribution in [0.15, 0.2) is 35.3 Å². The van der Waals surface area contributed by atoms with E-state index in [4.69, 9.17) is 0 Å². The number of carbonyl (C=O) groups excluding carboxylic acids is 1. The quantitative estimate of drug-likeness (QED) is 0.864. The Kier molecular flexibility index (Phi) is 3.71. The van der Waals surface area contributed by atoms with Gasteiger partial charge in [-0.1, -0.05) is 0 Å². The Bertz CT molecular complexity index is 422. The summed E-state index contributed by atoms with van der Waals surface area (Å²) in [5, 5.41) is 10.8. The van der Waals surface area contributed by atoms with Crippen LogP contribution < -0.4 is 5.32 Å². The van der Waals surface area contributed by atoms with E-state index in [-0.39, 0.29) is 5.91 Å². The third-order valence-corrected chi connectivity index (χ3v) is 2.84. The molecule has 1 amide bonds. The monoisotopic (exact) mass is 235 g/mol. The van der Waals surface area contributed by atoms with Crippen molar-refractivity contribution >= 4 is 22.9 Å². The fourth-order valence-corrected chi connectivity index (χ4v) is 1.98. The van der Waals surface area contributed by atoms with Gasteiger partial charge in [0, 0.05) is 30.7 Å². The van der Waals surface area contributed by atoms with Crippen molar-refractivity contribution in [1.82, 2.24) is 9.78 Å². The van der Waals surface area contributed by atoms with Crippen molar-refractivity contribution < 1.29 is 4.79 Å². The molecule has 0 radical (unpaired) electrons. The largest absolute Gasteiger partial charge is 0.325 e. The molecular weight excluding hydrogens is 222 g/mol. The summed E-state index contributed by atoms with van der Waals surface area (Å²) in [5.74, 6) is 0.0607. The van der Waals surface area contributed by atoms with Crippen LogP contribution in [0.3, 0.4) is 0 Å². The Morgan fingerprint density at radius 3 is 3.19 bits per heavy atom. The SMILES string of the molecule is O=C(CCCn1cccn1)Nc1ccsc1. The van der Waals surface area contributed by atoms with Gasteiger partial charge in [-0.15, -0.1) is 0 Å². The minimum absolute atomic E-state index is 0.0607. The number of aryl methyl sites for hydroxylation is 1. The molecule has 0 aromatic carbocycles. The van der Waals surface area contributed by atoms with Crippen molar-refractivity contribution in [2.75, 3.05) is 5.32 Å². The smallest absolute Gasteiger partial charge is 0.224 e. The molecule has 4 nitrogen and oxygen atoms in total. The van der Waals surface area contributed by atoms with Crippen LogP contribution in [0, 0.1) is 0 Å². The second-order valence-corrected chi connectivity index (χ2v) is 4.21. The summed E-state index contributed by atoms with van der Waals surface area (Å²) in [6.45, 7) is 0.782. The fraction of sp³-hybridized carbons (Fsp3) is 0.273. The van der Waals surface area contributed by atoms with Gasteiger partial charge in [-0.25, -0.2) is 0 Å². The maximum Gasteiger partial charge on any atom is 0.224 e. The Balaban J connectivity index is 1.68. The fourth-order valence-electron chi connectivity index (χ4n) is 1.39. The maximum absolute atomic E-state index is 11.5. The summed E-state index contributed by atoms with van der Waals surface area (Å²) in [7, 11) is 0. The minimum atomic E-state index is 0.0607. The Morgan fingerprint density at radius 2 is 2.50 bits per heavy atom. The lowest BCUT2D eigenvalue weighted by Gasteiger charge is -2.03. The highest BCUT2D eigenvalue weighted by molar-refractivity contribution is 7.08. The van der Waals surface area contributed by atoms with E-state index in [1.165, 1.54) is 0 Å². The van der Waals surface area contributed by atoms with Crippen LogP contribution in [0.4, 0.5) is 5.69 Å². The topological polar surface area (TPSA) is 46.9 Å². The lowest BCUT2D eigenvalue weighted by atomic mass is 10.3. The molecule has 0 spiro atoms. The van der Waals surface area contributed by atoms with Crippen molar-refractivity contribution in [2.45, 2.75) is 19.4 Å². The molecule has 0 aliphatic rings. The van der Waals surface area contributed by atoms with E-state index < -0.39 is 0 Å². The third-order valence-electron chi connectivity index (χ3n) is 2.16. The van der Waals surface area contributed by atoms with E-state index >= 15 is 0 Å². The molecule has 0 aliphatic heterocycles. The van der Waals surface area contributed by atoms with Gasteiger partial charge in [0.25, 0.3) is 0 Å². The maximum atomic E-state index is 11.5. The molecule has 5 heteroatoms. The van der Waals surface area contributed by atoms with Gasteiger partial charge in [0.15, 0.2) is 0 Å². The van der Waals surface area contributed by atoms with Gasteiger partial charge in [0.1, 0.15) is 0 Å². The predicted molar refractivity (Wildman–Crippen MR) is 64.4 cm³/mol. The van der Waals surface area contributed by atoms with E-state index in [0.29, 0.717) is 6.42 Å². The first-order valence-electron chi connectivity index (χ1n) is 5.14. The second kappa shape index (κ2) is 5.46. The van der Waals surface area contributed by atoms with Gasteiger partial charge in [-0.3, -0.25) is 9.48 Å². The number of anilines is 1. The van der Waals surface area contributed by atoms with Crippen LogP contribution in [0.25, 0.3) is 0 Å². The zero-order valence-electron chi connectivity index (χ0n) is 8.80. The number of nitrogens with zero attached hydrogens (tertiary/aromatic N) is 2. The second-order valence-electron chi connectivity index (χ2n) is 3.43. The van der Waals surface area contributed by atoms with Crippen LogP contribution in [-0.2, 0) is 11.3 Å². The predicted octanol–water partition coefficient (Wildman–Crippen LogP) is 2.36. The average molecular weight is 235 g/mol. The molecule has 0 saturated heterocycles. The Labute approximate surface area is 97.9 Å². The molecule has 0 aliphatic carbocycles. The molecule has 2 rings (SSSR count). The molecule has 0 atom stereocenters. The van der Waals surface area contributed by atoms with Crippen molar-refractivity contribution in [3.05, 3.63) is 35.3 Å². The van der Waals surface area contributed by atoms with Gasteiger partial charge in [0.2, 0.25) is 5.91 Å². The van der Waals surface area contributed by atoms with Crippen LogP contribution in [-0.4, -0.2) is 15.7 Å². The summed E-state index contributed by atoms with van der Waals surface area (Å²) in [6, 6.07) is 3.78. The standard InChI is InChI=1S/C11H13N3OS/c15-11(13-10-4-8-16-9-10)3-1-6-14-7-2-5-12-14/h2,4-5,7-9H,1,3,6H2,(H,13,15). The van der Waals surface area contributed by atoms with Gasteiger partial charge in [-0.2, -0.15) is 16.4 Å². The molecule has 1 N–H and O–H groups in total. The Morgan fingerprint density at radius 1 is 1.56 bits per heavy atom. The van der Waals surface area contributed by atoms with E-state index in [1.807, 2.05) is 33.8 Å². The molecule has 0 fully saturated rings. The number of aromatic nitrogens is 2. The number of rotatable bonds is 5. The molecule has 0 unspecified atom stereocenters. The summed E-state index contributed by atoms with van der Waals surface area (Å²) in [4.78, 5) is 11.5. The molecule has 2 heterocycles. The number of hydrogen-bond acceptors (Lipinski definition) is 3. The molecule has 16 heavy (non-hydrogen) atoms. The molecule has 0 saturated carbocycles. The number of thiophene rings is 1. The summed E-state index contributed by atoms with van der Waals surface area (Å²) in [6.07, 6.45) is 4.97. The first-order chi connectivity index (χ1) is 7.84. The molecular formula is C11H13N3OS. The van der Waals surface area contributed by atoms with Gasteiger partial charge in [0.05, 0.1) is 5.69 Å².